The van der Waals surface area contributed by atoms with Gasteiger partial charge in [-0.25, -0.2) is 4.99 Å². The van der Waals surface area contributed by atoms with Crippen LogP contribution in [0.15, 0.2) is 69.3 Å². The van der Waals surface area contributed by atoms with Gasteiger partial charge >= 0.3 is 0 Å². The maximum absolute atomic E-state index is 6.73. The molecular formula is C28H30ClN7O4. The van der Waals surface area contributed by atoms with Crippen LogP contribution < -0.4 is 20.8 Å². The zero-order valence-corrected chi connectivity index (χ0v) is 23.1. The van der Waals surface area contributed by atoms with Crippen LogP contribution in [0.3, 0.4) is 0 Å². The van der Waals surface area contributed by atoms with Gasteiger partial charge < -0.3 is 24.3 Å². The first-order chi connectivity index (χ1) is 19.6. The zero-order valence-electron chi connectivity index (χ0n) is 22.4. The van der Waals surface area contributed by atoms with Crippen molar-refractivity contribution in [1.82, 2.24) is 19.5 Å². The molecule has 208 valence electrons. The van der Waals surface area contributed by atoms with E-state index in [0.29, 0.717) is 42.0 Å². The van der Waals surface area contributed by atoms with Gasteiger partial charge in [-0.1, -0.05) is 11.6 Å². The van der Waals surface area contributed by atoms with Crippen LogP contribution in [0.1, 0.15) is 12.0 Å². The number of halogens is 1. The van der Waals surface area contributed by atoms with Gasteiger partial charge in [0.25, 0.3) is 0 Å². The van der Waals surface area contributed by atoms with Crippen LogP contribution in [0.2, 0.25) is 0 Å². The molecule has 6 rings (SSSR count). The molecule has 0 saturated carbocycles. The molecular weight excluding hydrogens is 534 g/mol. The molecule has 2 aromatic heterocycles. The molecule has 0 amide bonds. The summed E-state index contributed by atoms with van der Waals surface area (Å²) in [5, 5.41) is 13.2. The number of guanidine groups is 1. The van der Waals surface area contributed by atoms with Crippen molar-refractivity contribution < 1.29 is 18.9 Å². The van der Waals surface area contributed by atoms with Gasteiger partial charge in [0.15, 0.2) is 5.65 Å². The second-order valence-electron chi connectivity index (χ2n) is 9.49. The third-order valence-electron chi connectivity index (χ3n) is 7.06. The molecule has 1 aliphatic carbocycles. The number of fused-ring (bicyclic) bond motifs is 3. The summed E-state index contributed by atoms with van der Waals surface area (Å²) in [4.78, 5) is 11.8. The average Bonchev–Trinajstić information content (AvgIpc) is 3.49. The fourth-order valence-electron chi connectivity index (χ4n) is 4.89. The molecule has 4 heterocycles. The van der Waals surface area contributed by atoms with Gasteiger partial charge in [0, 0.05) is 48.6 Å². The van der Waals surface area contributed by atoms with Crippen molar-refractivity contribution in [3.8, 4) is 5.75 Å². The number of nitrogens with zero attached hydrogens (tertiary/aromatic N) is 6. The minimum Gasteiger partial charge on any atom is -0.501 e. The number of rotatable bonds is 7. The molecule has 3 aliphatic rings. The Morgan fingerprint density at radius 1 is 1.10 bits per heavy atom. The number of allylic oxidation sites excluding steroid dienone is 3. The number of ether oxygens (including phenoxy) is 4. The molecule has 1 aromatic carbocycles. The van der Waals surface area contributed by atoms with Gasteiger partial charge in [-0.15, -0.1) is 10.2 Å². The lowest BCUT2D eigenvalue weighted by atomic mass is 10.0. The predicted octanol–water partition coefficient (Wildman–Crippen LogP) is 2.22. The molecule has 2 aliphatic heterocycles. The maximum atomic E-state index is 6.73. The average molecular weight is 564 g/mol. The molecule has 0 radical (unpaired) electrons. The Morgan fingerprint density at radius 2 is 1.93 bits per heavy atom. The fourth-order valence-corrected chi connectivity index (χ4v) is 5.19. The van der Waals surface area contributed by atoms with E-state index in [1.807, 2.05) is 34.7 Å². The number of nitrogens with one attached hydrogen (secondary N) is 1. The van der Waals surface area contributed by atoms with Gasteiger partial charge in [-0.05, 0) is 35.9 Å². The number of pyridine rings is 1. The van der Waals surface area contributed by atoms with E-state index in [-0.39, 0.29) is 0 Å². The van der Waals surface area contributed by atoms with Crippen molar-refractivity contribution in [2.45, 2.75) is 13.0 Å². The maximum Gasteiger partial charge on any atom is 0.224 e. The summed E-state index contributed by atoms with van der Waals surface area (Å²) in [7, 11) is 3.21. The second kappa shape index (κ2) is 11.7. The first-order valence-corrected chi connectivity index (χ1v) is 13.5. The van der Waals surface area contributed by atoms with Crippen molar-refractivity contribution in [3.63, 3.8) is 0 Å². The minimum absolute atomic E-state index is 0.434. The number of morpholine rings is 1. The largest absolute Gasteiger partial charge is 0.501 e. The molecule has 0 atom stereocenters. The quantitative estimate of drug-likeness (QED) is 0.466. The highest BCUT2D eigenvalue weighted by atomic mass is 35.5. The topological polar surface area (TPSA) is 107 Å². The number of hydrogen-bond donors (Lipinski definition) is 1. The third kappa shape index (κ3) is 5.40. The molecule has 1 fully saturated rings. The van der Waals surface area contributed by atoms with Crippen LogP contribution in [-0.2, 0) is 20.8 Å². The number of benzene rings is 1. The number of aliphatic imine (C=N–C) groups is 1. The van der Waals surface area contributed by atoms with Crippen molar-refractivity contribution in [1.29, 1.82) is 0 Å². The van der Waals surface area contributed by atoms with E-state index in [1.165, 1.54) is 0 Å². The van der Waals surface area contributed by atoms with E-state index >= 15 is 0 Å². The van der Waals surface area contributed by atoms with E-state index in [0.717, 1.165) is 71.9 Å². The minimum atomic E-state index is 0.434. The molecule has 40 heavy (non-hydrogen) atoms. The van der Waals surface area contributed by atoms with E-state index in [9.17, 15) is 0 Å². The molecule has 0 unspecified atom stereocenters. The van der Waals surface area contributed by atoms with E-state index in [2.05, 4.69) is 25.4 Å². The lowest BCUT2D eigenvalue weighted by Gasteiger charge is -2.26. The first kappa shape index (κ1) is 26.3. The van der Waals surface area contributed by atoms with Gasteiger partial charge in [-0.2, -0.15) is 4.99 Å². The monoisotopic (exact) mass is 563 g/mol. The number of aromatic nitrogens is 3. The second-order valence-corrected chi connectivity index (χ2v) is 9.87. The first-order valence-electron chi connectivity index (χ1n) is 13.1. The van der Waals surface area contributed by atoms with Crippen LogP contribution in [0.4, 0.5) is 5.69 Å². The van der Waals surface area contributed by atoms with Crippen molar-refractivity contribution in [2.24, 2.45) is 9.98 Å². The predicted molar refractivity (Wildman–Crippen MR) is 151 cm³/mol. The van der Waals surface area contributed by atoms with Crippen LogP contribution >= 0.6 is 11.6 Å². The van der Waals surface area contributed by atoms with E-state index in [4.69, 9.17) is 35.5 Å². The Labute approximate surface area is 236 Å². The molecule has 3 aromatic rings. The smallest absolute Gasteiger partial charge is 0.224 e. The molecule has 0 bridgehead atoms. The van der Waals surface area contributed by atoms with Gasteiger partial charge in [-0.3, -0.25) is 9.30 Å². The highest BCUT2D eigenvalue weighted by Gasteiger charge is 2.22. The molecule has 1 N–H and O–H groups in total. The summed E-state index contributed by atoms with van der Waals surface area (Å²) in [6.07, 6.45) is 3.95. The molecule has 1 saturated heterocycles. The number of methoxy groups -OCH3 is 2. The van der Waals surface area contributed by atoms with Gasteiger partial charge in [0.05, 0.1) is 39.0 Å². The molecule has 0 spiro atoms. The van der Waals surface area contributed by atoms with Gasteiger partial charge in [0.1, 0.15) is 35.7 Å². The summed E-state index contributed by atoms with van der Waals surface area (Å²) in [5.74, 6) is 2.61. The summed E-state index contributed by atoms with van der Waals surface area (Å²) >= 11 is 6.73. The lowest BCUT2D eigenvalue weighted by molar-refractivity contribution is 0.0322. The summed E-state index contributed by atoms with van der Waals surface area (Å²) in [6.45, 7) is 5.44. The summed E-state index contributed by atoms with van der Waals surface area (Å²) in [5.41, 5.74) is 4.00. The standard InChI is InChI=1S/C28H30ClN7O4/c1-37-21-14-22(25(29)24(15-21)38-2)23-13-18-16-30-28(33-26(18)36-17-31-34-27(23)36)32-19-3-5-20(6-4-19)40-12-9-35-7-10-39-11-8-35/h3-6,13,15,17H,7-12,14,16H2,1-2H3,(H,30,32). The van der Waals surface area contributed by atoms with E-state index < -0.39 is 0 Å². The normalized spacial score (nSPS) is 19.0. The van der Waals surface area contributed by atoms with Crippen molar-refractivity contribution >= 4 is 34.5 Å². The SMILES string of the molecule is COC1=CC(OC)=C(Cl)C(=c2cc3c(n4cnnc24)=NC(Nc2ccc(OCCN4CCOCC4)cc2)=NC3)C1. The fraction of sp³-hybridized carbons (Fsp3) is 0.357. The zero-order chi connectivity index (χ0) is 27.5. The van der Waals surface area contributed by atoms with E-state index in [1.54, 1.807) is 26.6 Å². The highest BCUT2D eigenvalue weighted by molar-refractivity contribution is 6.36. The molecule has 12 heteroatoms. The van der Waals surface area contributed by atoms with Crippen molar-refractivity contribution in [2.75, 3.05) is 59.0 Å². The Bertz CT molecular complexity index is 1620. The molecule has 11 nitrogen and oxygen atoms in total. The van der Waals surface area contributed by atoms with Crippen LogP contribution in [-0.4, -0.2) is 79.1 Å². The van der Waals surface area contributed by atoms with Gasteiger partial charge in [0.2, 0.25) is 5.96 Å². The number of hydrogen-bond acceptors (Lipinski definition) is 10. The summed E-state index contributed by atoms with van der Waals surface area (Å²) in [6, 6.07) is 9.82. The van der Waals surface area contributed by atoms with Crippen LogP contribution in [0.25, 0.3) is 11.2 Å². The summed E-state index contributed by atoms with van der Waals surface area (Å²) < 4.78 is 24.2. The van der Waals surface area contributed by atoms with Crippen LogP contribution in [0.5, 0.6) is 5.75 Å². The Kier molecular flexibility index (Phi) is 7.67. The number of anilines is 1. The Hall–Kier alpha value is -3.93. The lowest BCUT2D eigenvalue weighted by Crippen LogP contribution is -2.38. The third-order valence-corrected chi connectivity index (χ3v) is 7.47. The highest BCUT2D eigenvalue weighted by Crippen LogP contribution is 2.33. The Balaban J connectivity index is 1.22. The van der Waals surface area contributed by atoms with Crippen LogP contribution in [0, 0.1) is 0 Å². The Morgan fingerprint density at radius 3 is 2.70 bits per heavy atom. The van der Waals surface area contributed by atoms with Crippen molar-refractivity contribution in [3.05, 3.63) is 75.6 Å².